The van der Waals surface area contributed by atoms with Crippen molar-refractivity contribution < 1.29 is 16.1 Å². The number of carbonyl (C=O) groups is 1. The summed E-state index contributed by atoms with van der Waals surface area (Å²) in [7, 11) is 1.76. The van der Waals surface area contributed by atoms with E-state index in [4.69, 9.17) is 9.72 Å². The maximum Gasteiger partial charge on any atom is 0.245 e. The first-order chi connectivity index (χ1) is 14.3. The van der Waals surface area contributed by atoms with Crippen LogP contribution in [0.5, 0.6) is 0 Å². The first-order valence-corrected chi connectivity index (χ1v) is 10.4. The predicted octanol–water partition coefficient (Wildman–Crippen LogP) is 3.04. The van der Waals surface area contributed by atoms with E-state index in [9.17, 15) is 9.90 Å². The van der Waals surface area contributed by atoms with E-state index < -0.39 is 5.60 Å². The molecule has 4 rings (SSSR count). The van der Waals surface area contributed by atoms with Gasteiger partial charge in [-0.1, -0.05) is 0 Å². The summed E-state index contributed by atoms with van der Waals surface area (Å²) in [6, 6.07) is 3.97. The smallest absolute Gasteiger partial charge is 0.245 e. The molecule has 0 spiro atoms. The molecule has 1 aliphatic carbocycles. The Labute approximate surface area is 178 Å². The number of nitrogens with zero attached hydrogens (tertiary/aromatic N) is 4. The van der Waals surface area contributed by atoms with Crippen LogP contribution in [0.2, 0.25) is 0 Å². The minimum absolute atomic E-state index is 0. The molecule has 0 radical (unpaired) electrons. The number of nitrogens with one attached hydrogen (secondary N) is 1. The lowest BCUT2D eigenvalue weighted by molar-refractivity contribution is -0.115. The summed E-state index contributed by atoms with van der Waals surface area (Å²) in [6.45, 7) is 5.61. The lowest BCUT2D eigenvalue weighted by Gasteiger charge is -2.39. The molecule has 0 bridgehead atoms. The first-order valence-electron chi connectivity index (χ1n) is 10.4. The third-order valence-corrected chi connectivity index (χ3v) is 6.00. The maximum atomic E-state index is 12.3. The number of hydrogen-bond acceptors (Lipinski definition) is 7. The Morgan fingerprint density at radius 3 is 2.60 bits per heavy atom. The second-order valence-corrected chi connectivity index (χ2v) is 8.66. The van der Waals surface area contributed by atoms with Crippen LogP contribution in [0, 0.1) is 6.92 Å². The average molecular weight is 414 g/mol. The topological polar surface area (TPSA) is 100 Å². The van der Waals surface area contributed by atoms with Gasteiger partial charge in [0.05, 0.1) is 30.2 Å². The van der Waals surface area contributed by atoms with Crippen molar-refractivity contribution in [1.82, 2.24) is 15.0 Å². The lowest BCUT2D eigenvalue weighted by Crippen LogP contribution is -2.47. The molecule has 30 heavy (non-hydrogen) atoms. The van der Waals surface area contributed by atoms with Gasteiger partial charge in [0, 0.05) is 25.8 Å². The fraction of sp³-hybridized carbons (Fsp3) is 0.545. The minimum Gasteiger partial charge on any atom is -0.384 e. The lowest BCUT2D eigenvalue weighted by atomic mass is 9.91. The fourth-order valence-corrected chi connectivity index (χ4v) is 4.27. The highest BCUT2D eigenvalue weighted by molar-refractivity contribution is 5.99. The standard InChI is InChI=1S/C22H29N5O3.H2/c1-13-16(9-10-18(24-13)22(2,3)29)17-11-23-20-21(25-17)27(12-19(28)26-20)14-5-7-15(30-4)8-6-14;/h9-11,14-15,29H,5-8,12H2,1-4H3,(H,23,26,28);1H. The molecule has 1 saturated carbocycles. The van der Waals surface area contributed by atoms with E-state index >= 15 is 0 Å². The molecule has 8 heteroatoms. The summed E-state index contributed by atoms with van der Waals surface area (Å²) < 4.78 is 5.49. The second-order valence-electron chi connectivity index (χ2n) is 8.66. The molecule has 2 aliphatic rings. The molecule has 2 N–H and O–H groups in total. The molecule has 2 aromatic heterocycles. The van der Waals surface area contributed by atoms with E-state index in [0.29, 0.717) is 29.1 Å². The number of anilines is 2. The van der Waals surface area contributed by atoms with Gasteiger partial charge < -0.3 is 20.1 Å². The molecule has 1 aliphatic heterocycles. The number of ether oxygens (including phenoxy) is 1. The first kappa shape index (κ1) is 20.7. The van der Waals surface area contributed by atoms with E-state index in [1.165, 1.54) is 0 Å². The highest BCUT2D eigenvalue weighted by Crippen LogP contribution is 2.35. The second kappa shape index (κ2) is 7.92. The van der Waals surface area contributed by atoms with Crippen molar-refractivity contribution in [2.75, 3.05) is 23.9 Å². The zero-order valence-corrected chi connectivity index (χ0v) is 18.0. The molecular weight excluding hydrogens is 382 g/mol. The van der Waals surface area contributed by atoms with E-state index in [1.54, 1.807) is 27.2 Å². The summed E-state index contributed by atoms with van der Waals surface area (Å²) in [6.07, 6.45) is 5.82. The molecule has 3 heterocycles. The van der Waals surface area contributed by atoms with Gasteiger partial charge in [0.15, 0.2) is 11.6 Å². The third-order valence-electron chi connectivity index (χ3n) is 6.00. The van der Waals surface area contributed by atoms with Gasteiger partial charge in [-0.3, -0.25) is 9.78 Å². The molecule has 0 aromatic carbocycles. The van der Waals surface area contributed by atoms with Crippen LogP contribution < -0.4 is 10.2 Å². The minimum atomic E-state index is -1.01. The van der Waals surface area contributed by atoms with Gasteiger partial charge in [-0.25, -0.2) is 9.97 Å². The number of aromatic nitrogens is 3. The van der Waals surface area contributed by atoms with Crippen LogP contribution in [-0.4, -0.2) is 51.8 Å². The molecular formula is C22H31N5O3. The SMILES string of the molecule is COC1CCC(N2CC(=O)Nc3ncc(-c4ccc(C(C)(C)O)nc4C)nc32)CC1.[HH]. The monoisotopic (exact) mass is 413 g/mol. The zero-order chi connectivity index (χ0) is 21.5. The Morgan fingerprint density at radius 2 is 1.97 bits per heavy atom. The number of rotatable bonds is 4. The number of amides is 1. The predicted molar refractivity (Wildman–Crippen MR) is 116 cm³/mol. The summed E-state index contributed by atoms with van der Waals surface area (Å²) >= 11 is 0. The van der Waals surface area contributed by atoms with Crippen molar-refractivity contribution in [3.8, 4) is 11.3 Å². The number of aliphatic hydroxyl groups is 1. The van der Waals surface area contributed by atoms with Crippen molar-refractivity contribution in [2.24, 2.45) is 0 Å². The Kier molecular flexibility index (Phi) is 5.46. The zero-order valence-electron chi connectivity index (χ0n) is 18.0. The molecule has 2 aromatic rings. The van der Waals surface area contributed by atoms with Crippen LogP contribution in [0.25, 0.3) is 11.3 Å². The average Bonchev–Trinajstić information content (AvgIpc) is 2.72. The number of pyridine rings is 1. The van der Waals surface area contributed by atoms with Crippen LogP contribution in [0.1, 0.15) is 52.3 Å². The van der Waals surface area contributed by atoms with Crippen molar-refractivity contribution in [2.45, 2.75) is 64.2 Å². The van der Waals surface area contributed by atoms with Crippen molar-refractivity contribution >= 4 is 17.5 Å². The van der Waals surface area contributed by atoms with Crippen LogP contribution in [-0.2, 0) is 15.1 Å². The van der Waals surface area contributed by atoms with E-state index in [2.05, 4.69) is 20.2 Å². The normalized spacial score (nSPS) is 21.9. The third kappa shape index (κ3) is 4.02. The number of aryl methyl sites for hydroxylation is 1. The molecule has 162 valence electrons. The van der Waals surface area contributed by atoms with Gasteiger partial charge in [0.2, 0.25) is 5.91 Å². The number of methoxy groups -OCH3 is 1. The fourth-order valence-electron chi connectivity index (χ4n) is 4.27. The van der Waals surface area contributed by atoms with E-state index in [1.807, 2.05) is 19.1 Å². The summed E-state index contributed by atoms with van der Waals surface area (Å²) in [5.41, 5.74) is 1.94. The summed E-state index contributed by atoms with van der Waals surface area (Å²) in [4.78, 5) is 28.3. The Bertz CT molecular complexity index is 955. The highest BCUT2D eigenvalue weighted by Gasteiger charge is 2.33. The molecule has 1 amide bonds. The van der Waals surface area contributed by atoms with Gasteiger partial charge in [-0.05, 0) is 58.6 Å². The van der Waals surface area contributed by atoms with Crippen LogP contribution in [0.4, 0.5) is 11.6 Å². The van der Waals surface area contributed by atoms with E-state index in [-0.39, 0.29) is 19.9 Å². The van der Waals surface area contributed by atoms with Gasteiger partial charge in [-0.2, -0.15) is 0 Å². The van der Waals surface area contributed by atoms with Crippen LogP contribution in [0.3, 0.4) is 0 Å². The Balaban J connectivity index is 0.00000272. The summed E-state index contributed by atoms with van der Waals surface area (Å²) in [5, 5.41) is 13.1. The molecule has 8 nitrogen and oxygen atoms in total. The molecule has 0 saturated heterocycles. The summed E-state index contributed by atoms with van der Waals surface area (Å²) in [5.74, 6) is 1.15. The molecule has 1 fully saturated rings. The Morgan fingerprint density at radius 1 is 1.23 bits per heavy atom. The quantitative estimate of drug-likeness (QED) is 0.794. The largest absolute Gasteiger partial charge is 0.384 e. The van der Waals surface area contributed by atoms with Crippen molar-refractivity contribution in [1.29, 1.82) is 0 Å². The molecule has 0 atom stereocenters. The van der Waals surface area contributed by atoms with E-state index in [0.717, 1.165) is 36.9 Å². The highest BCUT2D eigenvalue weighted by atomic mass is 16.5. The van der Waals surface area contributed by atoms with Crippen LogP contribution in [0.15, 0.2) is 18.3 Å². The van der Waals surface area contributed by atoms with Crippen LogP contribution >= 0.6 is 0 Å². The van der Waals surface area contributed by atoms with Gasteiger partial charge >= 0.3 is 0 Å². The van der Waals surface area contributed by atoms with Crippen molar-refractivity contribution in [3.63, 3.8) is 0 Å². The Hall–Kier alpha value is -2.58. The van der Waals surface area contributed by atoms with Gasteiger partial charge in [0.25, 0.3) is 0 Å². The number of carbonyl (C=O) groups excluding carboxylic acids is 1. The molecule has 0 unspecified atom stereocenters. The van der Waals surface area contributed by atoms with Gasteiger partial charge in [-0.15, -0.1) is 0 Å². The maximum absolute atomic E-state index is 12.3. The van der Waals surface area contributed by atoms with Gasteiger partial charge in [0.1, 0.15) is 5.60 Å². The van der Waals surface area contributed by atoms with Crippen molar-refractivity contribution in [3.05, 3.63) is 29.7 Å². The number of hydrogen-bond donors (Lipinski definition) is 2. The number of fused-ring (bicyclic) bond motifs is 1.